The number of benzene rings is 1. The zero-order valence-electron chi connectivity index (χ0n) is 20.4. The van der Waals surface area contributed by atoms with E-state index in [2.05, 4.69) is 47.3 Å². The first-order chi connectivity index (χ1) is 17.5. The molecule has 0 spiro atoms. The van der Waals surface area contributed by atoms with E-state index in [9.17, 15) is 10.1 Å². The van der Waals surface area contributed by atoms with Crippen molar-refractivity contribution in [3.05, 3.63) is 52.9 Å². The molecule has 36 heavy (non-hydrogen) atoms. The van der Waals surface area contributed by atoms with Crippen LogP contribution in [0.2, 0.25) is 0 Å². The number of nitriles is 1. The number of nitrogens with one attached hydrogen (secondary N) is 2. The second kappa shape index (κ2) is 8.95. The third-order valence-corrected chi connectivity index (χ3v) is 7.25. The highest BCUT2D eigenvalue weighted by Crippen LogP contribution is 2.43. The summed E-state index contributed by atoms with van der Waals surface area (Å²) in [6.07, 6.45) is 4.36. The van der Waals surface area contributed by atoms with E-state index in [0.29, 0.717) is 30.1 Å². The van der Waals surface area contributed by atoms with Gasteiger partial charge in [0.05, 0.1) is 48.3 Å². The van der Waals surface area contributed by atoms with Crippen LogP contribution in [0.15, 0.2) is 47.4 Å². The molecular weight excluding hydrogens is 454 g/mol. The van der Waals surface area contributed by atoms with Gasteiger partial charge in [0, 0.05) is 23.8 Å². The maximum atomic E-state index is 12.8. The summed E-state index contributed by atoms with van der Waals surface area (Å²) in [5.41, 5.74) is 2.27. The number of rotatable bonds is 6. The number of aromatic amines is 1. The summed E-state index contributed by atoms with van der Waals surface area (Å²) in [7, 11) is 0. The molecule has 1 aliphatic heterocycles. The van der Waals surface area contributed by atoms with Crippen LogP contribution in [0.5, 0.6) is 0 Å². The summed E-state index contributed by atoms with van der Waals surface area (Å²) in [6, 6.07) is 14.5. The van der Waals surface area contributed by atoms with Gasteiger partial charge in [-0.3, -0.25) is 9.48 Å². The van der Waals surface area contributed by atoms with Crippen LogP contribution in [0, 0.1) is 17.2 Å². The van der Waals surface area contributed by atoms with E-state index in [0.717, 1.165) is 47.3 Å². The first-order valence-electron chi connectivity index (χ1n) is 12.5. The Kier molecular flexibility index (Phi) is 5.61. The topological polar surface area (TPSA) is 112 Å². The number of nitrogens with zero attached hydrogens (tertiary/aromatic N) is 5. The molecule has 0 bridgehead atoms. The van der Waals surface area contributed by atoms with Crippen molar-refractivity contribution in [2.75, 3.05) is 23.4 Å². The van der Waals surface area contributed by atoms with Crippen LogP contribution < -0.4 is 15.8 Å². The van der Waals surface area contributed by atoms with Crippen molar-refractivity contribution in [3.8, 4) is 6.07 Å². The van der Waals surface area contributed by atoms with Crippen LogP contribution in [0.25, 0.3) is 21.8 Å². The van der Waals surface area contributed by atoms with Gasteiger partial charge in [-0.25, -0.2) is 4.98 Å². The molecular formula is C27H29N7O2. The largest absolute Gasteiger partial charge is 0.375 e. The number of morpholine rings is 1. The Balaban J connectivity index is 1.34. The Morgan fingerprint density at radius 1 is 1.25 bits per heavy atom. The highest BCUT2D eigenvalue weighted by Gasteiger charge is 2.34. The van der Waals surface area contributed by atoms with Gasteiger partial charge in [-0.2, -0.15) is 10.4 Å². The van der Waals surface area contributed by atoms with Gasteiger partial charge in [0.1, 0.15) is 11.2 Å². The van der Waals surface area contributed by atoms with Gasteiger partial charge in [-0.15, -0.1) is 0 Å². The van der Waals surface area contributed by atoms with E-state index in [1.54, 1.807) is 6.20 Å². The lowest BCUT2D eigenvalue weighted by Gasteiger charge is -2.37. The Morgan fingerprint density at radius 2 is 2.11 bits per heavy atom. The molecule has 9 heteroatoms. The fourth-order valence-electron chi connectivity index (χ4n) is 5.18. The molecule has 2 N–H and O–H groups in total. The molecule has 1 saturated heterocycles. The van der Waals surface area contributed by atoms with E-state index in [1.165, 1.54) is 0 Å². The number of hydrogen-bond acceptors (Lipinski definition) is 7. The third kappa shape index (κ3) is 4.07. The van der Waals surface area contributed by atoms with Crippen LogP contribution in [-0.4, -0.2) is 45.0 Å². The van der Waals surface area contributed by atoms with Crippen molar-refractivity contribution in [2.45, 2.75) is 51.3 Å². The molecule has 1 aliphatic carbocycles. The number of hydrogen-bond donors (Lipinski definition) is 2. The molecule has 0 amide bonds. The summed E-state index contributed by atoms with van der Waals surface area (Å²) in [5.74, 6) is 1.87. The predicted molar refractivity (Wildman–Crippen MR) is 140 cm³/mol. The van der Waals surface area contributed by atoms with Gasteiger partial charge in [-0.05, 0) is 69.0 Å². The molecule has 0 unspecified atom stereocenters. The maximum Gasteiger partial charge on any atom is 0.261 e. The molecule has 4 heterocycles. The van der Waals surface area contributed by atoms with Gasteiger partial charge < -0.3 is 19.9 Å². The number of ether oxygens (including phenoxy) is 1. The fourth-order valence-corrected chi connectivity index (χ4v) is 5.18. The smallest absolute Gasteiger partial charge is 0.261 e. The summed E-state index contributed by atoms with van der Waals surface area (Å²) < 4.78 is 7.63. The van der Waals surface area contributed by atoms with E-state index in [1.807, 2.05) is 28.9 Å². The highest BCUT2D eigenvalue weighted by molar-refractivity contribution is 5.92. The lowest BCUT2D eigenvalue weighted by atomic mass is 10.1. The van der Waals surface area contributed by atoms with Crippen molar-refractivity contribution in [2.24, 2.45) is 5.92 Å². The van der Waals surface area contributed by atoms with Crippen molar-refractivity contribution in [1.29, 1.82) is 5.26 Å². The lowest BCUT2D eigenvalue weighted by Crippen LogP contribution is -2.47. The predicted octanol–water partition coefficient (Wildman–Crippen LogP) is 4.49. The molecule has 2 aliphatic rings. The van der Waals surface area contributed by atoms with E-state index in [-0.39, 0.29) is 23.7 Å². The molecule has 9 nitrogen and oxygen atoms in total. The van der Waals surface area contributed by atoms with Crippen molar-refractivity contribution in [3.63, 3.8) is 0 Å². The van der Waals surface area contributed by atoms with Crippen LogP contribution in [0.4, 0.5) is 17.3 Å². The minimum Gasteiger partial charge on any atom is -0.375 e. The van der Waals surface area contributed by atoms with Gasteiger partial charge in [0.15, 0.2) is 5.82 Å². The van der Waals surface area contributed by atoms with Crippen molar-refractivity contribution >= 4 is 39.1 Å². The molecule has 1 aromatic carbocycles. The molecule has 2 fully saturated rings. The second-order valence-electron chi connectivity index (χ2n) is 9.97. The summed E-state index contributed by atoms with van der Waals surface area (Å²) in [4.78, 5) is 22.7. The van der Waals surface area contributed by atoms with Crippen molar-refractivity contribution < 1.29 is 4.74 Å². The summed E-state index contributed by atoms with van der Waals surface area (Å²) >= 11 is 0. The van der Waals surface area contributed by atoms with Gasteiger partial charge >= 0.3 is 0 Å². The van der Waals surface area contributed by atoms with Crippen LogP contribution in [-0.2, 0) is 4.74 Å². The zero-order chi connectivity index (χ0) is 24.8. The van der Waals surface area contributed by atoms with E-state index >= 15 is 0 Å². The number of aromatic nitrogens is 4. The molecule has 4 aromatic rings. The first kappa shape index (κ1) is 22.6. The second-order valence-corrected chi connectivity index (χ2v) is 9.97. The molecule has 3 atom stereocenters. The maximum absolute atomic E-state index is 12.8. The molecule has 184 valence electrons. The number of anilines is 3. The quantitative estimate of drug-likeness (QED) is 0.415. The molecule has 0 radical (unpaired) electrons. The Labute approximate surface area is 208 Å². The number of H-pyrrole nitrogens is 1. The standard InChI is InChI=1S/C27H29N7O2/c1-16-15-36-17(2)14-33(16)24-8-5-19-13-20(6-7-21(19)31-24)30-26-25-23(10-12-29-27(25)35)34(32-26)22(9-11-28)18-3-4-18/h5-8,10,12-13,16-18,22H,3-4,9,14-15H2,1-2H3,(H,29,35)(H,30,32)/t16-,17-,22+/m1/s1. The Hall–Kier alpha value is -3.90. The van der Waals surface area contributed by atoms with E-state index < -0.39 is 0 Å². The molecule has 1 saturated carbocycles. The average molecular weight is 484 g/mol. The van der Waals surface area contributed by atoms with Gasteiger partial charge in [-0.1, -0.05) is 0 Å². The Morgan fingerprint density at radius 3 is 2.92 bits per heavy atom. The minimum absolute atomic E-state index is 0.0284. The Bertz CT molecular complexity index is 1530. The summed E-state index contributed by atoms with van der Waals surface area (Å²) in [6.45, 7) is 5.75. The summed E-state index contributed by atoms with van der Waals surface area (Å²) in [5, 5.41) is 19.0. The monoisotopic (exact) mass is 483 g/mol. The van der Waals surface area contributed by atoms with E-state index in [4.69, 9.17) is 14.8 Å². The third-order valence-electron chi connectivity index (χ3n) is 7.25. The minimum atomic E-state index is -0.200. The van der Waals surface area contributed by atoms with Gasteiger partial charge in [0.2, 0.25) is 0 Å². The lowest BCUT2D eigenvalue weighted by molar-refractivity contribution is 0.0341. The van der Waals surface area contributed by atoms with Gasteiger partial charge in [0.25, 0.3) is 5.56 Å². The van der Waals surface area contributed by atoms with Crippen LogP contribution in [0.3, 0.4) is 0 Å². The highest BCUT2D eigenvalue weighted by atomic mass is 16.5. The zero-order valence-corrected chi connectivity index (χ0v) is 20.4. The number of fused-ring (bicyclic) bond motifs is 2. The normalized spacial score (nSPS) is 21.0. The van der Waals surface area contributed by atoms with Crippen LogP contribution >= 0.6 is 0 Å². The van der Waals surface area contributed by atoms with Crippen molar-refractivity contribution in [1.82, 2.24) is 19.7 Å². The first-order valence-corrected chi connectivity index (χ1v) is 12.5. The molecule has 3 aromatic heterocycles. The number of pyridine rings is 2. The average Bonchev–Trinajstić information content (AvgIpc) is 3.66. The fraction of sp³-hybridized carbons (Fsp3) is 0.407. The SMILES string of the molecule is C[C@@H]1CN(c2ccc3cc(Nc4nn([C@@H](CC#N)C5CC5)c5cc[nH]c(=O)c45)ccc3n2)[C@H](C)CO1. The van der Waals surface area contributed by atoms with Crippen LogP contribution in [0.1, 0.15) is 39.2 Å². The molecule has 6 rings (SSSR count).